The predicted octanol–water partition coefficient (Wildman–Crippen LogP) is 1.66. The van der Waals surface area contributed by atoms with Gasteiger partial charge in [-0.3, -0.25) is 4.79 Å². The number of hydrogen-bond donors (Lipinski definition) is 2. The summed E-state index contributed by atoms with van der Waals surface area (Å²) in [6.45, 7) is 0.782. The molecule has 4 atom stereocenters. The number of rotatable bonds is 6. The van der Waals surface area contributed by atoms with E-state index in [0.29, 0.717) is 5.56 Å². The molecule has 0 spiro atoms. The molecule has 31 heavy (non-hydrogen) atoms. The summed E-state index contributed by atoms with van der Waals surface area (Å²) in [7, 11) is 0. The second-order valence-corrected chi connectivity index (χ2v) is 6.93. The van der Waals surface area contributed by atoms with Crippen LogP contribution in [0.4, 0.5) is 0 Å². The van der Waals surface area contributed by atoms with E-state index in [0.717, 1.165) is 6.92 Å². The van der Waals surface area contributed by atoms with Crippen LogP contribution in [0.3, 0.4) is 0 Å². The summed E-state index contributed by atoms with van der Waals surface area (Å²) in [4.78, 5) is 36.4. The normalized spacial score (nSPS) is 22.7. The number of hydrogen-bond acceptors (Lipinski definition) is 8. The first-order valence-electron chi connectivity index (χ1n) is 9.59. The quantitative estimate of drug-likeness (QED) is 0.407. The zero-order valence-electron chi connectivity index (χ0n) is 16.7. The lowest BCUT2D eigenvalue weighted by Gasteiger charge is -2.36. The van der Waals surface area contributed by atoms with Gasteiger partial charge >= 0.3 is 17.9 Å². The SMILES string of the molecule is CC(=O)O[C@H]1[C@@H](O)[C@H](O)C=C(COC(=O)c2ccccc2)[C@@H]1OC(=O)c1ccccc1. The molecular weight excluding hydrogens is 404 g/mol. The van der Waals surface area contributed by atoms with Crippen LogP contribution in [0.15, 0.2) is 72.3 Å². The summed E-state index contributed by atoms with van der Waals surface area (Å²) in [6, 6.07) is 16.4. The monoisotopic (exact) mass is 426 g/mol. The fourth-order valence-corrected chi connectivity index (χ4v) is 3.16. The highest BCUT2D eigenvalue weighted by molar-refractivity contribution is 5.90. The molecule has 1 aliphatic carbocycles. The summed E-state index contributed by atoms with van der Waals surface area (Å²) in [5.74, 6) is -2.09. The first-order chi connectivity index (χ1) is 14.9. The van der Waals surface area contributed by atoms with Gasteiger partial charge < -0.3 is 24.4 Å². The van der Waals surface area contributed by atoms with Crippen molar-refractivity contribution < 1.29 is 38.8 Å². The molecular formula is C23H22O8. The maximum Gasteiger partial charge on any atom is 0.338 e. The van der Waals surface area contributed by atoms with Gasteiger partial charge in [0.1, 0.15) is 18.8 Å². The number of benzene rings is 2. The van der Waals surface area contributed by atoms with Crippen molar-refractivity contribution in [3.05, 3.63) is 83.4 Å². The van der Waals surface area contributed by atoms with Crippen molar-refractivity contribution in [2.24, 2.45) is 0 Å². The largest absolute Gasteiger partial charge is 0.457 e. The third-order valence-electron chi connectivity index (χ3n) is 4.66. The van der Waals surface area contributed by atoms with Crippen LogP contribution in [0.25, 0.3) is 0 Å². The van der Waals surface area contributed by atoms with Crippen LogP contribution in [0, 0.1) is 0 Å². The Bertz CT molecular complexity index is 954. The Labute approximate surface area is 178 Å². The van der Waals surface area contributed by atoms with Gasteiger partial charge in [-0.1, -0.05) is 36.4 Å². The zero-order chi connectivity index (χ0) is 22.4. The van der Waals surface area contributed by atoms with E-state index in [1.165, 1.54) is 18.2 Å². The highest BCUT2D eigenvalue weighted by Crippen LogP contribution is 2.27. The number of aliphatic hydroxyl groups excluding tert-OH is 2. The minimum absolute atomic E-state index is 0.178. The first-order valence-corrected chi connectivity index (χ1v) is 9.59. The van der Waals surface area contributed by atoms with Crippen molar-refractivity contribution >= 4 is 17.9 Å². The van der Waals surface area contributed by atoms with E-state index in [4.69, 9.17) is 14.2 Å². The van der Waals surface area contributed by atoms with Crippen LogP contribution < -0.4 is 0 Å². The Kier molecular flexibility index (Phi) is 7.17. The van der Waals surface area contributed by atoms with Gasteiger partial charge in [0.15, 0.2) is 12.2 Å². The van der Waals surface area contributed by atoms with Gasteiger partial charge in [-0.15, -0.1) is 0 Å². The fraction of sp³-hybridized carbons (Fsp3) is 0.261. The Balaban J connectivity index is 1.83. The molecule has 0 unspecified atom stereocenters. The second-order valence-electron chi connectivity index (χ2n) is 6.93. The number of esters is 3. The summed E-state index contributed by atoms with van der Waals surface area (Å²) in [5.41, 5.74) is 0.733. The van der Waals surface area contributed by atoms with Crippen molar-refractivity contribution in [3.63, 3.8) is 0 Å². The molecule has 8 heteroatoms. The molecule has 0 bridgehead atoms. The van der Waals surface area contributed by atoms with Gasteiger partial charge in [0.25, 0.3) is 0 Å². The van der Waals surface area contributed by atoms with Gasteiger partial charge in [0, 0.05) is 12.5 Å². The van der Waals surface area contributed by atoms with Crippen LogP contribution in [-0.2, 0) is 19.0 Å². The van der Waals surface area contributed by atoms with E-state index < -0.39 is 42.3 Å². The number of aliphatic hydroxyl groups is 2. The lowest BCUT2D eigenvalue weighted by molar-refractivity contribution is -0.167. The van der Waals surface area contributed by atoms with Crippen molar-refractivity contribution in [1.82, 2.24) is 0 Å². The van der Waals surface area contributed by atoms with E-state index >= 15 is 0 Å². The molecule has 162 valence electrons. The predicted molar refractivity (Wildman–Crippen MR) is 108 cm³/mol. The van der Waals surface area contributed by atoms with Gasteiger partial charge in [0.2, 0.25) is 0 Å². The standard InChI is InChI=1S/C23H22O8/c1-14(24)30-21-19(26)18(25)12-17(13-29-22(27)15-8-4-2-5-9-15)20(21)31-23(28)16-10-6-3-7-11-16/h2-12,18-21,25-26H,13H2,1H3/t18-,19+,20+,21+/m1/s1. The van der Waals surface area contributed by atoms with Crippen LogP contribution in [0.1, 0.15) is 27.6 Å². The molecule has 1 aliphatic rings. The molecule has 0 aromatic heterocycles. The summed E-state index contributed by atoms with van der Waals surface area (Å²) < 4.78 is 15.9. The van der Waals surface area contributed by atoms with Crippen molar-refractivity contribution in [2.45, 2.75) is 31.3 Å². The first kappa shape index (κ1) is 22.2. The van der Waals surface area contributed by atoms with Crippen molar-refractivity contribution in [2.75, 3.05) is 6.61 Å². The van der Waals surface area contributed by atoms with Gasteiger partial charge in [-0.2, -0.15) is 0 Å². The highest BCUT2D eigenvalue weighted by atomic mass is 16.6. The van der Waals surface area contributed by atoms with E-state index in [2.05, 4.69) is 0 Å². The number of ether oxygens (including phenoxy) is 3. The Hall–Kier alpha value is -3.49. The van der Waals surface area contributed by atoms with Crippen LogP contribution in [0.2, 0.25) is 0 Å². The maximum atomic E-state index is 12.6. The summed E-state index contributed by atoms with van der Waals surface area (Å²) in [6.07, 6.45) is -4.37. The molecule has 0 saturated heterocycles. The minimum atomic E-state index is -1.54. The van der Waals surface area contributed by atoms with E-state index in [-0.39, 0.29) is 17.7 Å². The molecule has 8 nitrogen and oxygen atoms in total. The smallest absolute Gasteiger partial charge is 0.338 e. The molecule has 2 aromatic rings. The molecule has 0 aliphatic heterocycles. The topological polar surface area (TPSA) is 119 Å². The maximum absolute atomic E-state index is 12.6. The second kappa shape index (κ2) is 10.0. The van der Waals surface area contributed by atoms with Gasteiger partial charge in [0.05, 0.1) is 11.1 Å². The molecule has 3 rings (SSSR count). The highest BCUT2D eigenvalue weighted by Gasteiger charge is 2.44. The fourth-order valence-electron chi connectivity index (χ4n) is 3.16. The average Bonchev–Trinajstić information content (AvgIpc) is 2.78. The molecule has 0 heterocycles. The number of carbonyl (C=O) groups excluding carboxylic acids is 3. The third kappa shape index (κ3) is 5.56. The summed E-state index contributed by atoms with van der Waals surface area (Å²) in [5, 5.41) is 20.5. The summed E-state index contributed by atoms with van der Waals surface area (Å²) >= 11 is 0. The molecule has 2 aromatic carbocycles. The van der Waals surface area contributed by atoms with E-state index in [9.17, 15) is 24.6 Å². The molecule has 0 radical (unpaired) electrons. The van der Waals surface area contributed by atoms with Crippen LogP contribution in [0.5, 0.6) is 0 Å². The Morgan fingerprint density at radius 3 is 1.94 bits per heavy atom. The van der Waals surface area contributed by atoms with Crippen molar-refractivity contribution in [3.8, 4) is 0 Å². The average molecular weight is 426 g/mol. The van der Waals surface area contributed by atoms with E-state index in [1.54, 1.807) is 48.5 Å². The lowest BCUT2D eigenvalue weighted by Crippen LogP contribution is -2.52. The molecule has 2 N–H and O–H groups in total. The van der Waals surface area contributed by atoms with E-state index in [1.807, 2.05) is 0 Å². The van der Waals surface area contributed by atoms with Crippen molar-refractivity contribution in [1.29, 1.82) is 0 Å². The lowest BCUT2D eigenvalue weighted by atomic mass is 9.89. The Morgan fingerprint density at radius 2 is 1.39 bits per heavy atom. The van der Waals surface area contributed by atoms with Gasteiger partial charge in [-0.25, -0.2) is 9.59 Å². The molecule has 0 fully saturated rings. The molecule has 0 amide bonds. The minimum Gasteiger partial charge on any atom is -0.457 e. The zero-order valence-corrected chi connectivity index (χ0v) is 16.7. The Morgan fingerprint density at radius 1 is 0.839 bits per heavy atom. The van der Waals surface area contributed by atoms with Crippen LogP contribution in [-0.4, -0.2) is 59.1 Å². The van der Waals surface area contributed by atoms with Gasteiger partial charge in [-0.05, 0) is 30.3 Å². The third-order valence-corrected chi connectivity index (χ3v) is 4.66. The van der Waals surface area contributed by atoms with Crippen LogP contribution >= 0.6 is 0 Å². The number of carbonyl (C=O) groups is 3. The molecule has 0 saturated carbocycles.